The van der Waals surface area contributed by atoms with Crippen LogP contribution in [0.15, 0.2) is 17.9 Å². The molecule has 2 aliphatic heterocycles. The van der Waals surface area contributed by atoms with Gasteiger partial charge in [-0.1, -0.05) is 0 Å². The van der Waals surface area contributed by atoms with Gasteiger partial charge in [-0.05, 0) is 5.21 Å². The maximum Gasteiger partial charge on any atom is 0.246 e. The lowest BCUT2D eigenvalue weighted by Gasteiger charge is -2.27. The van der Waals surface area contributed by atoms with E-state index < -0.39 is 0 Å². The summed E-state index contributed by atoms with van der Waals surface area (Å²) in [6.07, 6.45) is 3.10. The predicted molar refractivity (Wildman–Crippen MR) is 81.7 cm³/mol. The Morgan fingerprint density at radius 1 is 1.43 bits per heavy atom. The number of aliphatic hydroxyl groups is 1. The quantitative estimate of drug-likeness (QED) is 0.772. The van der Waals surface area contributed by atoms with Crippen molar-refractivity contribution in [3.8, 4) is 0 Å². The normalized spacial score (nSPS) is 26.7. The number of tetrazole rings is 1. The molecule has 2 fully saturated rings. The first-order valence-electron chi connectivity index (χ1n) is 7.44. The van der Waals surface area contributed by atoms with Gasteiger partial charge < -0.3 is 14.9 Å². The van der Waals surface area contributed by atoms with Crippen LogP contribution in [0, 0.1) is 11.3 Å². The van der Waals surface area contributed by atoms with Crippen LogP contribution in [0.4, 0.5) is 5.13 Å². The highest BCUT2D eigenvalue weighted by Gasteiger charge is 2.53. The Balaban J connectivity index is 1.46. The zero-order valence-electron chi connectivity index (χ0n) is 12.4. The zero-order valence-corrected chi connectivity index (χ0v) is 13.3. The second kappa shape index (κ2) is 5.53. The van der Waals surface area contributed by atoms with Crippen LogP contribution in [-0.2, 0) is 11.3 Å². The van der Waals surface area contributed by atoms with E-state index in [0.29, 0.717) is 13.1 Å². The Labute approximate surface area is 136 Å². The van der Waals surface area contributed by atoms with E-state index in [1.165, 1.54) is 11.1 Å². The summed E-state index contributed by atoms with van der Waals surface area (Å²) in [6.45, 7) is 2.92. The summed E-state index contributed by atoms with van der Waals surface area (Å²) in [7, 11) is 0. The molecular weight excluding hydrogens is 318 g/mol. The Bertz CT molecular complexity index is 677. The van der Waals surface area contributed by atoms with Crippen molar-refractivity contribution in [3.05, 3.63) is 17.9 Å². The molecular formula is C13H17N7O2S. The summed E-state index contributed by atoms with van der Waals surface area (Å²) in [6, 6.07) is 0. The molecule has 2 aliphatic rings. The minimum absolute atomic E-state index is 0.0361. The van der Waals surface area contributed by atoms with E-state index in [9.17, 15) is 9.90 Å². The van der Waals surface area contributed by atoms with Crippen molar-refractivity contribution < 1.29 is 9.90 Å². The standard InChI is InChI=1S/C13H17N7O2S/c21-8-13-6-18(11(22)5-20-16-9-15-17-20)3-10(13)4-19(7-13)12-14-1-2-23-12/h1-2,9-10,21H,3-8H2. The molecule has 2 atom stereocenters. The van der Waals surface area contributed by atoms with Crippen LogP contribution in [0.25, 0.3) is 0 Å². The van der Waals surface area contributed by atoms with E-state index in [1.54, 1.807) is 17.5 Å². The number of carbonyl (C=O) groups excluding carboxylic acids is 1. The zero-order chi connectivity index (χ0) is 15.9. The summed E-state index contributed by atoms with van der Waals surface area (Å²) < 4.78 is 0. The summed E-state index contributed by atoms with van der Waals surface area (Å²) in [5.74, 6) is 0.218. The van der Waals surface area contributed by atoms with Gasteiger partial charge in [0.1, 0.15) is 6.54 Å². The first kappa shape index (κ1) is 14.5. The van der Waals surface area contributed by atoms with Crippen molar-refractivity contribution in [3.63, 3.8) is 0 Å². The monoisotopic (exact) mass is 335 g/mol. The van der Waals surface area contributed by atoms with E-state index in [1.807, 2.05) is 10.3 Å². The van der Waals surface area contributed by atoms with E-state index in [0.717, 1.165) is 18.2 Å². The fourth-order valence-corrected chi connectivity index (χ4v) is 4.25. The van der Waals surface area contributed by atoms with Crippen LogP contribution in [0.1, 0.15) is 0 Å². The van der Waals surface area contributed by atoms with Gasteiger partial charge in [-0.2, -0.15) is 4.80 Å². The molecule has 0 radical (unpaired) electrons. The lowest BCUT2D eigenvalue weighted by Crippen LogP contribution is -2.40. The van der Waals surface area contributed by atoms with Gasteiger partial charge in [-0.3, -0.25) is 4.79 Å². The van der Waals surface area contributed by atoms with Crippen molar-refractivity contribution in [1.29, 1.82) is 0 Å². The van der Waals surface area contributed by atoms with Gasteiger partial charge >= 0.3 is 0 Å². The molecule has 0 saturated carbocycles. The average Bonchev–Trinajstić information content (AvgIpc) is 3.29. The number of carbonyl (C=O) groups is 1. The van der Waals surface area contributed by atoms with Gasteiger partial charge in [0.05, 0.1) is 6.61 Å². The van der Waals surface area contributed by atoms with E-state index >= 15 is 0 Å². The highest BCUT2D eigenvalue weighted by molar-refractivity contribution is 7.13. The van der Waals surface area contributed by atoms with E-state index in [2.05, 4.69) is 25.3 Å². The molecule has 1 N–H and O–H groups in total. The van der Waals surface area contributed by atoms with Gasteiger partial charge in [0, 0.05) is 49.1 Å². The van der Waals surface area contributed by atoms with Gasteiger partial charge in [0.15, 0.2) is 11.5 Å². The molecule has 2 aromatic rings. The summed E-state index contributed by atoms with van der Waals surface area (Å²) in [4.78, 5) is 22.1. The molecule has 10 heteroatoms. The number of rotatable bonds is 4. The molecule has 0 bridgehead atoms. The Morgan fingerprint density at radius 3 is 3.00 bits per heavy atom. The van der Waals surface area contributed by atoms with E-state index in [-0.39, 0.29) is 30.4 Å². The molecule has 9 nitrogen and oxygen atoms in total. The fraction of sp³-hybridized carbons (Fsp3) is 0.615. The average molecular weight is 335 g/mol. The number of anilines is 1. The van der Waals surface area contributed by atoms with Crippen molar-refractivity contribution >= 4 is 22.4 Å². The van der Waals surface area contributed by atoms with Gasteiger partial charge in [-0.15, -0.1) is 21.5 Å². The maximum absolute atomic E-state index is 12.4. The van der Waals surface area contributed by atoms with Crippen LogP contribution in [0.3, 0.4) is 0 Å². The van der Waals surface area contributed by atoms with Crippen LogP contribution >= 0.6 is 11.3 Å². The van der Waals surface area contributed by atoms with Crippen molar-refractivity contribution in [2.24, 2.45) is 11.3 Å². The number of thiazole rings is 1. The minimum atomic E-state index is -0.267. The number of aromatic nitrogens is 5. The first-order chi connectivity index (χ1) is 11.2. The minimum Gasteiger partial charge on any atom is -0.396 e. The summed E-state index contributed by atoms with van der Waals surface area (Å²) >= 11 is 1.60. The third kappa shape index (κ3) is 2.47. The molecule has 1 amide bonds. The number of hydrogen-bond donors (Lipinski definition) is 1. The van der Waals surface area contributed by atoms with Crippen LogP contribution < -0.4 is 4.90 Å². The topological polar surface area (TPSA) is 100 Å². The lowest BCUT2D eigenvalue weighted by atomic mass is 9.82. The number of aliphatic hydroxyl groups excluding tert-OH is 1. The van der Waals surface area contributed by atoms with E-state index in [4.69, 9.17) is 0 Å². The molecule has 0 spiro atoms. The lowest BCUT2D eigenvalue weighted by molar-refractivity contribution is -0.131. The van der Waals surface area contributed by atoms with Gasteiger partial charge in [0.25, 0.3) is 0 Å². The second-order valence-corrected chi connectivity index (χ2v) is 7.03. The second-order valence-electron chi connectivity index (χ2n) is 6.15. The fourth-order valence-electron chi connectivity index (χ4n) is 3.59. The number of nitrogens with zero attached hydrogens (tertiary/aromatic N) is 7. The third-order valence-electron chi connectivity index (χ3n) is 4.78. The predicted octanol–water partition coefficient (Wildman–Crippen LogP) is -0.913. The molecule has 2 unspecified atom stereocenters. The van der Waals surface area contributed by atoms with Crippen LogP contribution in [0.2, 0.25) is 0 Å². The Morgan fingerprint density at radius 2 is 2.35 bits per heavy atom. The molecule has 0 aliphatic carbocycles. The smallest absolute Gasteiger partial charge is 0.246 e. The molecule has 4 rings (SSSR count). The first-order valence-corrected chi connectivity index (χ1v) is 8.32. The molecule has 4 heterocycles. The number of hydrogen-bond acceptors (Lipinski definition) is 8. The molecule has 23 heavy (non-hydrogen) atoms. The molecule has 122 valence electrons. The summed E-state index contributed by atoms with van der Waals surface area (Å²) in [5, 5.41) is 24.1. The highest BCUT2D eigenvalue weighted by atomic mass is 32.1. The molecule has 2 saturated heterocycles. The summed E-state index contributed by atoms with van der Waals surface area (Å²) in [5.41, 5.74) is -0.267. The van der Waals surface area contributed by atoms with Gasteiger partial charge in [-0.25, -0.2) is 4.98 Å². The molecule has 2 aromatic heterocycles. The SMILES string of the molecule is O=C(Cn1ncnn1)N1CC2CN(c3nccs3)CC2(CO)C1. The van der Waals surface area contributed by atoms with Crippen molar-refractivity contribution in [1.82, 2.24) is 30.1 Å². The Hall–Kier alpha value is -2.07. The third-order valence-corrected chi connectivity index (χ3v) is 5.62. The molecule has 0 aromatic carbocycles. The number of likely N-dealkylation sites (tertiary alicyclic amines) is 1. The largest absolute Gasteiger partial charge is 0.396 e. The number of fused-ring (bicyclic) bond motifs is 1. The number of amides is 1. The highest BCUT2D eigenvalue weighted by Crippen LogP contribution is 2.44. The maximum atomic E-state index is 12.4. The van der Waals surface area contributed by atoms with Crippen molar-refractivity contribution in [2.45, 2.75) is 6.54 Å². The van der Waals surface area contributed by atoms with Crippen LogP contribution in [0.5, 0.6) is 0 Å². The Kier molecular flexibility index (Phi) is 3.49. The van der Waals surface area contributed by atoms with Crippen molar-refractivity contribution in [2.75, 3.05) is 37.7 Å². The van der Waals surface area contributed by atoms with Crippen LogP contribution in [-0.4, -0.2) is 73.9 Å². The van der Waals surface area contributed by atoms with Gasteiger partial charge in [0.2, 0.25) is 5.91 Å².